The second kappa shape index (κ2) is 10.4. The molecule has 0 saturated carbocycles. The van der Waals surface area contributed by atoms with Crippen LogP contribution in [0.25, 0.3) is 16.6 Å². The molecule has 7 heteroatoms. The van der Waals surface area contributed by atoms with Crippen molar-refractivity contribution in [2.24, 2.45) is 0 Å². The molecular weight excluding hydrogens is 463 g/mol. The van der Waals surface area contributed by atoms with Crippen LogP contribution >= 0.6 is 11.8 Å². The van der Waals surface area contributed by atoms with Gasteiger partial charge in [0.25, 0.3) is 5.56 Å². The summed E-state index contributed by atoms with van der Waals surface area (Å²) in [7, 11) is 0. The summed E-state index contributed by atoms with van der Waals surface area (Å²) in [6, 6.07) is 30.3. The van der Waals surface area contributed by atoms with Gasteiger partial charge in [-0.15, -0.1) is 0 Å². The molecule has 0 spiro atoms. The summed E-state index contributed by atoms with van der Waals surface area (Å²) < 4.78 is 26.9. The van der Waals surface area contributed by atoms with Gasteiger partial charge in [0, 0.05) is 5.75 Å². The first-order valence-electron chi connectivity index (χ1n) is 11.0. The quantitative estimate of drug-likeness (QED) is 0.143. The van der Waals surface area contributed by atoms with E-state index in [-0.39, 0.29) is 17.9 Å². The van der Waals surface area contributed by atoms with Gasteiger partial charge < -0.3 is 9.47 Å². The third-order valence-electron chi connectivity index (χ3n) is 5.23. The Labute approximate surface area is 205 Å². The zero-order valence-corrected chi connectivity index (χ0v) is 19.5. The highest BCUT2D eigenvalue weighted by Crippen LogP contribution is 2.25. The predicted molar refractivity (Wildman–Crippen MR) is 136 cm³/mol. The van der Waals surface area contributed by atoms with E-state index >= 15 is 0 Å². The Morgan fingerprint density at radius 2 is 1.49 bits per heavy atom. The normalized spacial score (nSPS) is 10.9. The molecule has 0 radical (unpaired) electrons. The molecule has 0 fully saturated rings. The molecule has 0 amide bonds. The van der Waals surface area contributed by atoms with Crippen molar-refractivity contribution in [2.45, 2.75) is 5.16 Å². The number of ether oxygens (including phenoxy) is 2. The summed E-state index contributed by atoms with van der Waals surface area (Å²) in [6.07, 6.45) is 0. The molecule has 0 unspecified atom stereocenters. The van der Waals surface area contributed by atoms with E-state index in [1.165, 1.54) is 17.8 Å². The SMILES string of the molecule is O=c1c2ccccc2nc(SCCOc2ccccc2F)n1-c1ccc(Oc2ccccc2)cc1. The van der Waals surface area contributed by atoms with Crippen molar-refractivity contribution in [1.29, 1.82) is 0 Å². The lowest BCUT2D eigenvalue weighted by molar-refractivity contribution is 0.325. The molecule has 1 aromatic heterocycles. The molecule has 0 aliphatic heterocycles. The Morgan fingerprint density at radius 3 is 2.29 bits per heavy atom. The number of fused-ring (bicyclic) bond motifs is 1. The molecule has 0 bridgehead atoms. The molecule has 0 saturated heterocycles. The molecular formula is C28H21FN2O3S. The molecule has 1 heterocycles. The lowest BCUT2D eigenvalue weighted by Gasteiger charge is -2.14. The summed E-state index contributed by atoms with van der Waals surface area (Å²) in [5.41, 5.74) is 1.13. The van der Waals surface area contributed by atoms with Crippen molar-refractivity contribution in [2.75, 3.05) is 12.4 Å². The Morgan fingerprint density at radius 1 is 0.800 bits per heavy atom. The molecule has 0 aliphatic carbocycles. The van der Waals surface area contributed by atoms with E-state index in [4.69, 9.17) is 14.5 Å². The summed E-state index contributed by atoms with van der Waals surface area (Å²) in [6.45, 7) is 0.262. The minimum atomic E-state index is -0.406. The topological polar surface area (TPSA) is 53.3 Å². The third kappa shape index (κ3) is 5.20. The number of halogens is 1. The van der Waals surface area contributed by atoms with E-state index in [0.717, 1.165) is 5.75 Å². The zero-order valence-electron chi connectivity index (χ0n) is 18.6. The van der Waals surface area contributed by atoms with E-state index in [1.807, 2.05) is 72.8 Å². The van der Waals surface area contributed by atoms with Crippen molar-refractivity contribution in [1.82, 2.24) is 9.55 Å². The van der Waals surface area contributed by atoms with Gasteiger partial charge in [0.15, 0.2) is 16.7 Å². The van der Waals surface area contributed by atoms with E-state index in [2.05, 4.69) is 0 Å². The smallest absolute Gasteiger partial charge is 0.266 e. The number of rotatable bonds is 8. The van der Waals surface area contributed by atoms with Crippen LogP contribution in [0.2, 0.25) is 0 Å². The molecule has 0 aliphatic rings. The number of para-hydroxylation sites is 3. The molecule has 5 rings (SSSR count). The maximum atomic E-state index is 13.8. The lowest BCUT2D eigenvalue weighted by atomic mass is 10.2. The summed E-state index contributed by atoms with van der Waals surface area (Å²) in [4.78, 5) is 18.2. The highest BCUT2D eigenvalue weighted by atomic mass is 32.2. The fraction of sp³-hybridized carbons (Fsp3) is 0.0714. The number of hydrogen-bond donors (Lipinski definition) is 0. The Bertz CT molecular complexity index is 1510. The number of benzene rings is 4. The molecule has 174 valence electrons. The summed E-state index contributed by atoms with van der Waals surface area (Å²) in [5.74, 6) is 1.67. The van der Waals surface area contributed by atoms with E-state index in [9.17, 15) is 9.18 Å². The fourth-order valence-electron chi connectivity index (χ4n) is 3.57. The minimum Gasteiger partial charge on any atom is -0.490 e. The summed E-state index contributed by atoms with van der Waals surface area (Å²) in [5, 5.41) is 1.06. The first-order chi connectivity index (χ1) is 17.2. The molecule has 5 aromatic rings. The average Bonchev–Trinajstić information content (AvgIpc) is 2.89. The van der Waals surface area contributed by atoms with Crippen molar-refractivity contribution in [3.63, 3.8) is 0 Å². The largest absolute Gasteiger partial charge is 0.490 e. The molecule has 0 N–H and O–H groups in total. The van der Waals surface area contributed by atoms with Crippen LogP contribution in [0.1, 0.15) is 0 Å². The van der Waals surface area contributed by atoms with Crippen LogP contribution in [-0.4, -0.2) is 21.9 Å². The minimum absolute atomic E-state index is 0.162. The molecule has 4 aromatic carbocycles. The van der Waals surface area contributed by atoms with Crippen LogP contribution in [0.3, 0.4) is 0 Å². The molecule has 0 atom stereocenters. The second-order valence-corrected chi connectivity index (χ2v) is 8.65. The zero-order chi connectivity index (χ0) is 24.0. The molecule has 35 heavy (non-hydrogen) atoms. The maximum Gasteiger partial charge on any atom is 0.266 e. The van der Waals surface area contributed by atoms with Gasteiger partial charge in [-0.2, -0.15) is 0 Å². The average molecular weight is 485 g/mol. The summed E-state index contributed by atoms with van der Waals surface area (Å²) >= 11 is 1.38. The number of nitrogens with zero attached hydrogens (tertiary/aromatic N) is 2. The van der Waals surface area contributed by atoms with E-state index in [0.29, 0.717) is 33.2 Å². The van der Waals surface area contributed by atoms with Crippen LogP contribution in [0.5, 0.6) is 17.2 Å². The predicted octanol–water partition coefficient (Wildman–Crippen LogP) is 6.49. The van der Waals surface area contributed by atoms with Gasteiger partial charge >= 0.3 is 0 Å². The number of aromatic nitrogens is 2. The van der Waals surface area contributed by atoms with Gasteiger partial charge in [-0.25, -0.2) is 9.37 Å². The maximum absolute atomic E-state index is 13.8. The van der Waals surface area contributed by atoms with Gasteiger partial charge in [-0.1, -0.05) is 54.2 Å². The lowest BCUT2D eigenvalue weighted by Crippen LogP contribution is -2.22. The van der Waals surface area contributed by atoms with Crippen LogP contribution in [0, 0.1) is 5.82 Å². The highest BCUT2D eigenvalue weighted by molar-refractivity contribution is 7.99. The van der Waals surface area contributed by atoms with Crippen molar-refractivity contribution >= 4 is 22.7 Å². The van der Waals surface area contributed by atoms with Gasteiger partial charge in [-0.05, 0) is 60.7 Å². The third-order valence-corrected chi connectivity index (χ3v) is 6.13. The number of thioether (sulfide) groups is 1. The number of hydrogen-bond acceptors (Lipinski definition) is 5. The highest BCUT2D eigenvalue weighted by Gasteiger charge is 2.14. The monoisotopic (exact) mass is 484 g/mol. The Kier molecular flexibility index (Phi) is 6.77. The Balaban J connectivity index is 1.41. The van der Waals surface area contributed by atoms with Crippen LogP contribution < -0.4 is 15.0 Å². The first kappa shape index (κ1) is 22.7. The van der Waals surface area contributed by atoms with Gasteiger partial charge in [0.2, 0.25) is 0 Å². The second-order valence-electron chi connectivity index (χ2n) is 7.59. The van der Waals surface area contributed by atoms with E-state index < -0.39 is 5.82 Å². The first-order valence-corrected chi connectivity index (χ1v) is 12.0. The Hall–Kier alpha value is -4.10. The van der Waals surface area contributed by atoms with Crippen LogP contribution in [0.4, 0.5) is 4.39 Å². The van der Waals surface area contributed by atoms with Crippen LogP contribution in [-0.2, 0) is 0 Å². The standard InChI is InChI=1S/C28H21FN2O3S/c29-24-11-5-7-13-26(24)33-18-19-35-28-30-25-12-6-4-10-23(25)27(32)31(28)20-14-16-22(17-15-20)34-21-8-2-1-3-9-21/h1-17H,18-19H2. The van der Waals surface area contributed by atoms with Crippen LogP contribution in [0.15, 0.2) is 113 Å². The van der Waals surface area contributed by atoms with Crippen molar-refractivity contribution in [3.05, 3.63) is 119 Å². The molecule has 5 nitrogen and oxygen atoms in total. The van der Waals surface area contributed by atoms with E-state index in [1.54, 1.807) is 28.8 Å². The van der Waals surface area contributed by atoms with Gasteiger partial charge in [0.05, 0.1) is 23.2 Å². The van der Waals surface area contributed by atoms with Gasteiger partial charge in [0.1, 0.15) is 11.5 Å². The van der Waals surface area contributed by atoms with Crippen molar-refractivity contribution in [3.8, 4) is 22.9 Å². The fourth-order valence-corrected chi connectivity index (χ4v) is 4.40. The van der Waals surface area contributed by atoms with Gasteiger partial charge in [-0.3, -0.25) is 9.36 Å². The van der Waals surface area contributed by atoms with Crippen molar-refractivity contribution < 1.29 is 13.9 Å².